The number of aromatic nitrogens is 7. The summed E-state index contributed by atoms with van der Waals surface area (Å²) in [6.07, 6.45) is 6.78. The van der Waals surface area contributed by atoms with E-state index in [4.69, 9.17) is 5.73 Å². The average Bonchev–Trinajstić information content (AvgIpc) is 3.05. The van der Waals surface area contributed by atoms with Crippen molar-refractivity contribution in [1.82, 2.24) is 34.7 Å². The van der Waals surface area contributed by atoms with E-state index in [1.54, 1.807) is 4.68 Å². The lowest BCUT2D eigenvalue weighted by atomic mass is 10.2. The molecule has 0 unspecified atom stereocenters. The molecule has 0 saturated heterocycles. The molecule has 3 aromatic rings. The maximum absolute atomic E-state index is 5.95. The van der Waals surface area contributed by atoms with Crippen LogP contribution in [0.4, 0.5) is 5.82 Å². The van der Waals surface area contributed by atoms with Crippen LogP contribution in [-0.2, 0) is 13.6 Å². The average molecular weight is 286 g/mol. The van der Waals surface area contributed by atoms with Crippen LogP contribution < -0.4 is 5.73 Å². The first-order valence-corrected chi connectivity index (χ1v) is 7.04. The second kappa shape index (κ2) is 5.47. The SMILES string of the molecule is CCCCCn1cc(-c2nn(C)c3ncnc(N)c23)nn1. The van der Waals surface area contributed by atoms with Crippen molar-refractivity contribution in [1.29, 1.82) is 0 Å². The summed E-state index contributed by atoms with van der Waals surface area (Å²) >= 11 is 0. The Hall–Kier alpha value is -2.51. The first kappa shape index (κ1) is 13.5. The molecule has 8 nitrogen and oxygen atoms in total. The van der Waals surface area contributed by atoms with Gasteiger partial charge in [0.15, 0.2) is 5.65 Å². The molecule has 0 atom stereocenters. The minimum atomic E-state index is 0.406. The number of nitrogen functional groups attached to an aromatic ring is 1. The molecular formula is C13H18N8. The molecule has 3 aromatic heterocycles. The van der Waals surface area contributed by atoms with Crippen LogP contribution in [-0.4, -0.2) is 34.7 Å². The monoisotopic (exact) mass is 286 g/mol. The molecule has 0 aliphatic carbocycles. The summed E-state index contributed by atoms with van der Waals surface area (Å²) in [5.74, 6) is 0.406. The molecule has 0 aromatic carbocycles. The van der Waals surface area contributed by atoms with Gasteiger partial charge < -0.3 is 5.73 Å². The highest BCUT2D eigenvalue weighted by Crippen LogP contribution is 2.27. The Morgan fingerprint density at radius 3 is 2.90 bits per heavy atom. The Morgan fingerprint density at radius 1 is 1.24 bits per heavy atom. The first-order valence-electron chi connectivity index (χ1n) is 7.04. The van der Waals surface area contributed by atoms with Crippen LogP contribution in [0.1, 0.15) is 26.2 Å². The number of fused-ring (bicyclic) bond motifs is 1. The van der Waals surface area contributed by atoms with Gasteiger partial charge in [0.2, 0.25) is 0 Å². The van der Waals surface area contributed by atoms with Gasteiger partial charge in [-0.25, -0.2) is 14.6 Å². The molecule has 0 radical (unpaired) electrons. The molecule has 0 aliphatic heterocycles. The van der Waals surface area contributed by atoms with E-state index < -0.39 is 0 Å². The minimum absolute atomic E-state index is 0.406. The van der Waals surface area contributed by atoms with Gasteiger partial charge in [0, 0.05) is 13.6 Å². The van der Waals surface area contributed by atoms with Gasteiger partial charge in [-0.05, 0) is 6.42 Å². The Morgan fingerprint density at radius 2 is 2.10 bits per heavy atom. The van der Waals surface area contributed by atoms with E-state index in [-0.39, 0.29) is 0 Å². The summed E-state index contributed by atoms with van der Waals surface area (Å²) in [4.78, 5) is 8.24. The molecule has 0 amide bonds. The third kappa shape index (κ3) is 2.44. The lowest BCUT2D eigenvalue weighted by Gasteiger charge is -1.97. The molecule has 0 aliphatic rings. The standard InChI is InChI=1S/C13H18N8/c1-3-4-5-6-21-7-9(17-19-21)11-10-12(14)15-8-16-13(10)20(2)18-11/h7-8H,3-6H2,1-2H3,(H2,14,15,16). The van der Waals surface area contributed by atoms with Crippen LogP contribution in [0, 0.1) is 0 Å². The lowest BCUT2D eigenvalue weighted by Crippen LogP contribution is -1.98. The van der Waals surface area contributed by atoms with Crippen molar-refractivity contribution < 1.29 is 0 Å². The van der Waals surface area contributed by atoms with E-state index in [0.717, 1.165) is 18.4 Å². The van der Waals surface area contributed by atoms with E-state index in [1.165, 1.54) is 19.2 Å². The van der Waals surface area contributed by atoms with Crippen molar-refractivity contribution in [2.24, 2.45) is 7.05 Å². The maximum Gasteiger partial charge on any atom is 0.163 e. The second-order valence-electron chi connectivity index (χ2n) is 5.00. The van der Waals surface area contributed by atoms with Gasteiger partial charge in [-0.15, -0.1) is 5.10 Å². The van der Waals surface area contributed by atoms with E-state index in [2.05, 4.69) is 32.3 Å². The number of anilines is 1. The summed E-state index contributed by atoms with van der Waals surface area (Å²) in [5, 5.41) is 13.5. The zero-order valence-electron chi connectivity index (χ0n) is 12.2. The van der Waals surface area contributed by atoms with Crippen LogP contribution in [0.2, 0.25) is 0 Å². The van der Waals surface area contributed by atoms with E-state index in [1.807, 2.05) is 17.9 Å². The predicted molar refractivity (Wildman–Crippen MR) is 79.3 cm³/mol. The van der Waals surface area contributed by atoms with Gasteiger partial charge >= 0.3 is 0 Å². The third-order valence-corrected chi connectivity index (χ3v) is 3.42. The summed E-state index contributed by atoms with van der Waals surface area (Å²) in [7, 11) is 1.82. The molecule has 0 bridgehead atoms. The largest absolute Gasteiger partial charge is 0.383 e. The number of hydrogen-bond donors (Lipinski definition) is 1. The van der Waals surface area contributed by atoms with Gasteiger partial charge in [-0.3, -0.25) is 4.68 Å². The lowest BCUT2D eigenvalue weighted by molar-refractivity contribution is 0.537. The quantitative estimate of drug-likeness (QED) is 0.711. The van der Waals surface area contributed by atoms with Gasteiger partial charge in [-0.2, -0.15) is 5.10 Å². The number of rotatable bonds is 5. The van der Waals surface area contributed by atoms with Crippen molar-refractivity contribution >= 4 is 16.9 Å². The zero-order valence-corrected chi connectivity index (χ0v) is 12.2. The van der Waals surface area contributed by atoms with Crippen LogP contribution in [0.15, 0.2) is 12.5 Å². The van der Waals surface area contributed by atoms with Gasteiger partial charge in [0.25, 0.3) is 0 Å². The van der Waals surface area contributed by atoms with Crippen LogP contribution in [0.3, 0.4) is 0 Å². The highest BCUT2D eigenvalue weighted by atomic mass is 15.4. The van der Waals surface area contributed by atoms with Crippen LogP contribution >= 0.6 is 0 Å². The fraction of sp³-hybridized carbons (Fsp3) is 0.462. The smallest absolute Gasteiger partial charge is 0.163 e. The highest BCUT2D eigenvalue weighted by Gasteiger charge is 2.17. The minimum Gasteiger partial charge on any atom is -0.383 e. The molecule has 8 heteroatoms. The fourth-order valence-electron chi connectivity index (χ4n) is 2.33. The Labute approximate surface area is 122 Å². The summed E-state index contributed by atoms with van der Waals surface area (Å²) in [6, 6.07) is 0. The van der Waals surface area contributed by atoms with Gasteiger partial charge in [0.1, 0.15) is 23.5 Å². The molecular weight excluding hydrogens is 268 g/mol. The number of nitrogens with two attached hydrogens (primary N) is 1. The fourth-order valence-corrected chi connectivity index (χ4v) is 2.33. The van der Waals surface area contributed by atoms with E-state index in [0.29, 0.717) is 22.9 Å². The summed E-state index contributed by atoms with van der Waals surface area (Å²) in [5.41, 5.74) is 8.01. The first-order chi connectivity index (χ1) is 10.2. The summed E-state index contributed by atoms with van der Waals surface area (Å²) < 4.78 is 3.52. The van der Waals surface area contributed by atoms with E-state index >= 15 is 0 Å². The topological polar surface area (TPSA) is 100 Å². The van der Waals surface area contributed by atoms with Crippen molar-refractivity contribution in [2.45, 2.75) is 32.7 Å². The third-order valence-electron chi connectivity index (χ3n) is 3.42. The van der Waals surface area contributed by atoms with E-state index in [9.17, 15) is 0 Å². The Bertz CT molecular complexity index is 757. The van der Waals surface area contributed by atoms with Crippen molar-refractivity contribution in [3.05, 3.63) is 12.5 Å². The molecule has 110 valence electrons. The summed E-state index contributed by atoms with van der Waals surface area (Å²) in [6.45, 7) is 3.03. The molecule has 2 N–H and O–H groups in total. The van der Waals surface area contributed by atoms with Crippen molar-refractivity contribution in [3.8, 4) is 11.4 Å². The number of aryl methyl sites for hydroxylation is 2. The molecule has 0 saturated carbocycles. The zero-order chi connectivity index (χ0) is 14.8. The molecule has 21 heavy (non-hydrogen) atoms. The van der Waals surface area contributed by atoms with Crippen molar-refractivity contribution in [3.63, 3.8) is 0 Å². The Balaban J connectivity index is 1.97. The van der Waals surface area contributed by atoms with Crippen molar-refractivity contribution in [2.75, 3.05) is 5.73 Å². The van der Waals surface area contributed by atoms with Crippen LogP contribution in [0.5, 0.6) is 0 Å². The number of hydrogen-bond acceptors (Lipinski definition) is 6. The van der Waals surface area contributed by atoms with Gasteiger partial charge in [0.05, 0.1) is 11.6 Å². The maximum atomic E-state index is 5.95. The van der Waals surface area contributed by atoms with Crippen LogP contribution in [0.25, 0.3) is 22.4 Å². The Kier molecular flexibility index (Phi) is 3.51. The number of unbranched alkanes of at least 4 members (excludes halogenated alkanes) is 2. The molecule has 0 fully saturated rings. The number of nitrogens with zero attached hydrogens (tertiary/aromatic N) is 7. The molecule has 0 spiro atoms. The second-order valence-corrected chi connectivity index (χ2v) is 5.00. The molecule has 3 heterocycles. The normalized spacial score (nSPS) is 11.3. The predicted octanol–water partition coefficient (Wildman–Crippen LogP) is 1.39. The molecule has 3 rings (SSSR count). The van der Waals surface area contributed by atoms with Gasteiger partial charge in [-0.1, -0.05) is 25.0 Å². The highest BCUT2D eigenvalue weighted by molar-refractivity contribution is 5.97.